The van der Waals surface area contributed by atoms with Crippen molar-refractivity contribution in [3.05, 3.63) is 23.9 Å². The molecule has 1 aromatic rings. The van der Waals surface area contributed by atoms with Gasteiger partial charge in [-0.05, 0) is 57.1 Å². The number of aryl methyl sites for hydroxylation is 1. The highest BCUT2D eigenvalue weighted by atomic mass is 127. The van der Waals surface area contributed by atoms with Crippen LogP contribution in [0.5, 0.6) is 0 Å². The molecular weight excluding hydrogens is 465 g/mol. The molecule has 0 aromatic carbocycles. The Bertz CT molecular complexity index is 552. The normalized spacial score (nSPS) is 16.4. The molecule has 1 aliphatic rings. The molecule has 0 radical (unpaired) electrons. The molecule has 0 spiro atoms. The summed E-state index contributed by atoms with van der Waals surface area (Å²) in [5.41, 5.74) is 1.20. The van der Waals surface area contributed by atoms with E-state index < -0.39 is 0 Å². The highest BCUT2D eigenvalue weighted by molar-refractivity contribution is 14.0. The molecule has 2 rings (SSSR count). The number of pyridine rings is 1. The Balaban J connectivity index is 0.00000392. The van der Waals surface area contributed by atoms with Crippen LogP contribution in [0.4, 0.5) is 5.82 Å². The Morgan fingerprint density at radius 2 is 2.04 bits per heavy atom. The summed E-state index contributed by atoms with van der Waals surface area (Å²) in [4.78, 5) is 11.7. The van der Waals surface area contributed by atoms with Crippen molar-refractivity contribution in [2.24, 2.45) is 10.9 Å². The second-order valence-electron chi connectivity index (χ2n) is 7.49. The number of nitrogens with zero attached hydrogens (tertiary/aromatic N) is 3. The summed E-state index contributed by atoms with van der Waals surface area (Å²) in [6, 6.07) is 4.68. The lowest BCUT2D eigenvalue weighted by Gasteiger charge is -2.34. The van der Waals surface area contributed by atoms with Gasteiger partial charge in [0.25, 0.3) is 0 Å². The topological polar surface area (TPSA) is 72.8 Å². The van der Waals surface area contributed by atoms with Crippen molar-refractivity contribution in [1.29, 1.82) is 0 Å². The van der Waals surface area contributed by atoms with Gasteiger partial charge >= 0.3 is 0 Å². The maximum Gasteiger partial charge on any atom is 0.191 e. The van der Waals surface area contributed by atoms with Gasteiger partial charge in [0.1, 0.15) is 5.82 Å². The van der Waals surface area contributed by atoms with Crippen molar-refractivity contribution in [1.82, 2.24) is 15.6 Å². The molecule has 2 heterocycles. The van der Waals surface area contributed by atoms with E-state index in [-0.39, 0.29) is 30.6 Å². The van der Waals surface area contributed by atoms with E-state index in [0.29, 0.717) is 12.0 Å². The maximum absolute atomic E-state index is 9.24. The molecule has 1 aliphatic heterocycles. The third-order valence-electron chi connectivity index (χ3n) is 5.14. The van der Waals surface area contributed by atoms with Crippen molar-refractivity contribution in [2.75, 3.05) is 37.7 Å². The smallest absolute Gasteiger partial charge is 0.191 e. The Labute approximate surface area is 187 Å². The van der Waals surface area contributed by atoms with Crippen LogP contribution in [0.3, 0.4) is 0 Å². The number of hydrogen-bond acceptors (Lipinski definition) is 4. The third kappa shape index (κ3) is 8.51. The average molecular weight is 503 g/mol. The van der Waals surface area contributed by atoms with Crippen LogP contribution in [0, 0.1) is 12.8 Å². The number of aromatic nitrogens is 1. The number of aliphatic imine (C=N–C) groups is 1. The molecule has 160 valence electrons. The summed E-state index contributed by atoms with van der Waals surface area (Å²) in [6.45, 7) is 10.3. The summed E-state index contributed by atoms with van der Waals surface area (Å²) in [5.74, 6) is 2.44. The Hall–Kier alpha value is -1.09. The van der Waals surface area contributed by atoms with Crippen LogP contribution in [-0.2, 0) is 0 Å². The molecule has 1 atom stereocenters. The number of anilines is 1. The first-order chi connectivity index (χ1) is 13.2. The predicted molar refractivity (Wildman–Crippen MR) is 129 cm³/mol. The number of nitrogens with one attached hydrogen (secondary N) is 2. The van der Waals surface area contributed by atoms with Crippen molar-refractivity contribution < 1.29 is 5.11 Å². The second-order valence-corrected chi connectivity index (χ2v) is 7.49. The van der Waals surface area contributed by atoms with Gasteiger partial charge in [-0.2, -0.15) is 0 Å². The van der Waals surface area contributed by atoms with E-state index in [1.165, 1.54) is 5.56 Å². The molecular formula is C21H38IN5O. The SMILES string of the molecule is CCCC(CCO)CN=C(NCC)NC1CCN(c2ccc(C)cn2)CC1.I. The Morgan fingerprint density at radius 1 is 1.29 bits per heavy atom. The van der Waals surface area contributed by atoms with Gasteiger partial charge in [0.2, 0.25) is 0 Å². The average Bonchev–Trinajstić information content (AvgIpc) is 2.68. The monoisotopic (exact) mass is 503 g/mol. The molecule has 28 heavy (non-hydrogen) atoms. The molecule has 6 nitrogen and oxygen atoms in total. The van der Waals surface area contributed by atoms with Crippen LogP contribution in [0.1, 0.15) is 51.5 Å². The van der Waals surface area contributed by atoms with Crippen molar-refractivity contribution in [3.8, 4) is 0 Å². The number of aliphatic hydroxyl groups is 1. The zero-order valence-corrected chi connectivity index (χ0v) is 20.0. The molecule has 1 unspecified atom stereocenters. The predicted octanol–water partition coefficient (Wildman–Crippen LogP) is 3.33. The maximum atomic E-state index is 9.24. The minimum Gasteiger partial charge on any atom is -0.396 e. The zero-order valence-electron chi connectivity index (χ0n) is 17.7. The van der Waals surface area contributed by atoms with E-state index in [2.05, 4.69) is 53.4 Å². The van der Waals surface area contributed by atoms with E-state index >= 15 is 0 Å². The zero-order chi connectivity index (χ0) is 19.5. The van der Waals surface area contributed by atoms with Gasteiger partial charge < -0.3 is 20.6 Å². The summed E-state index contributed by atoms with van der Waals surface area (Å²) >= 11 is 0. The fraction of sp³-hybridized carbons (Fsp3) is 0.714. The van der Waals surface area contributed by atoms with Crippen molar-refractivity contribution >= 4 is 35.8 Å². The fourth-order valence-corrected chi connectivity index (χ4v) is 3.55. The van der Waals surface area contributed by atoms with Gasteiger partial charge in [0.15, 0.2) is 5.96 Å². The highest BCUT2D eigenvalue weighted by Crippen LogP contribution is 2.18. The van der Waals surface area contributed by atoms with Gasteiger partial charge in [-0.15, -0.1) is 24.0 Å². The molecule has 3 N–H and O–H groups in total. The number of guanidine groups is 1. The highest BCUT2D eigenvalue weighted by Gasteiger charge is 2.21. The number of piperidine rings is 1. The molecule has 1 aromatic heterocycles. The first-order valence-electron chi connectivity index (χ1n) is 10.5. The standard InChI is InChI=1S/C21H37N5O.HI/c1-4-6-18(11-14-27)16-24-21(22-5-2)25-19-9-12-26(13-10-19)20-8-7-17(3)15-23-20;/h7-8,15,18-19,27H,4-6,9-14,16H2,1-3H3,(H2,22,24,25);1H. The van der Waals surface area contributed by atoms with Crippen LogP contribution in [0.2, 0.25) is 0 Å². The lowest BCUT2D eigenvalue weighted by Crippen LogP contribution is -2.49. The van der Waals surface area contributed by atoms with Crippen LogP contribution in [-0.4, -0.2) is 54.9 Å². The first-order valence-corrected chi connectivity index (χ1v) is 10.5. The fourth-order valence-electron chi connectivity index (χ4n) is 3.55. The van der Waals surface area contributed by atoms with Gasteiger partial charge in [0, 0.05) is 45.0 Å². The van der Waals surface area contributed by atoms with E-state index in [0.717, 1.165) is 70.1 Å². The quantitative estimate of drug-likeness (QED) is 0.274. The van der Waals surface area contributed by atoms with E-state index in [1.807, 2.05) is 6.20 Å². The molecule has 7 heteroatoms. The second kappa shape index (κ2) is 14.0. The number of rotatable bonds is 9. The Morgan fingerprint density at radius 3 is 2.61 bits per heavy atom. The lowest BCUT2D eigenvalue weighted by atomic mass is 10.0. The Kier molecular flexibility index (Phi) is 12.5. The van der Waals surface area contributed by atoms with E-state index in [4.69, 9.17) is 4.99 Å². The first kappa shape index (κ1) is 24.9. The minimum absolute atomic E-state index is 0. The third-order valence-corrected chi connectivity index (χ3v) is 5.14. The minimum atomic E-state index is 0. The largest absolute Gasteiger partial charge is 0.396 e. The molecule has 0 saturated carbocycles. The van der Waals surface area contributed by atoms with Gasteiger partial charge in [-0.25, -0.2) is 4.98 Å². The van der Waals surface area contributed by atoms with Gasteiger partial charge in [-0.1, -0.05) is 19.4 Å². The number of aliphatic hydroxyl groups excluding tert-OH is 1. The van der Waals surface area contributed by atoms with E-state index in [1.54, 1.807) is 0 Å². The summed E-state index contributed by atoms with van der Waals surface area (Å²) in [6.07, 6.45) is 7.18. The van der Waals surface area contributed by atoms with Gasteiger partial charge in [0.05, 0.1) is 0 Å². The molecule has 0 aliphatic carbocycles. The molecule has 1 saturated heterocycles. The lowest BCUT2D eigenvalue weighted by molar-refractivity contribution is 0.253. The molecule has 0 bridgehead atoms. The summed E-state index contributed by atoms with van der Waals surface area (Å²) < 4.78 is 0. The van der Waals surface area contributed by atoms with Gasteiger partial charge in [-0.3, -0.25) is 4.99 Å². The van der Waals surface area contributed by atoms with Crippen molar-refractivity contribution in [3.63, 3.8) is 0 Å². The van der Waals surface area contributed by atoms with Crippen LogP contribution in [0.25, 0.3) is 0 Å². The van der Waals surface area contributed by atoms with Crippen LogP contribution < -0.4 is 15.5 Å². The number of hydrogen-bond donors (Lipinski definition) is 3. The van der Waals surface area contributed by atoms with Crippen LogP contribution >= 0.6 is 24.0 Å². The summed E-state index contributed by atoms with van der Waals surface area (Å²) in [7, 11) is 0. The number of halogens is 1. The molecule has 0 amide bonds. The van der Waals surface area contributed by atoms with E-state index in [9.17, 15) is 5.11 Å². The van der Waals surface area contributed by atoms with Crippen LogP contribution in [0.15, 0.2) is 23.3 Å². The van der Waals surface area contributed by atoms with Crippen molar-refractivity contribution in [2.45, 2.75) is 58.9 Å². The summed E-state index contributed by atoms with van der Waals surface area (Å²) in [5, 5.41) is 16.2. The molecule has 1 fully saturated rings.